The monoisotopic (exact) mass is 329 g/mol. The van der Waals surface area contributed by atoms with Crippen molar-refractivity contribution in [2.24, 2.45) is 0 Å². The van der Waals surface area contributed by atoms with Gasteiger partial charge >= 0.3 is 0 Å². The Kier molecular flexibility index (Phi) is 3.05. The fourth-order valence-corrected chi connectivity index (χ4v) is 2.79. The van der Waals surface area contributed by atoms with E-state index in [1.165, 1.54) is 11.1 Å². The first-order valence-electron chi connectivity index (χ1n) is 6.49. The summed E-state index contributed by atoms with van der Waals surface area (Å²) in [6.45, 7) is 6.19. The van der Waals surface area contributed by atoms with E-state index in [1.807, 2.05) is 23.5 Å². The second-order valence-corrected chi connectivity index (χ2v) is 5.98. The molecule has 102 valence electrons. The summed E-state index contributed by atoms with van der Waals surface area (Å²) in [6.07, 6.45) is 0. The van der Waals surface area contributed by atoms with Gasteiger partial charge in [-0.2, -0.15) is 0 Å². The third-order valence-corrected chi connectivity index (χ3v) is 4.49. The maximum atomic E-state index is 6.34. The molecule has 0 aliphatic carbocycles. The molecule has 0 unspecified atom stereocenters. The van der Waals surface area contributed by atoms with Crippen LogP contribution in [-0.2, 0) is 0 Å². The van der Waals surface area contributed by atoms with Crippen molar-refractivity contribution in [3.63, 3.8) is 0 Å². The van der Waals surface area contributed by atoms with E-state index in [4.69, 9.17) is 10.7 Å². The molecule has 0 fully saturated rings. The van der Waals surface area contributed by atoms with Gasteiger partial charge in [0.05, 0.1) is 0 Å². The molecule has 0 saturated carbocycles. The van der Waals surface area contributed by atoms with Crippen LogP contribution in [0.5, 0.6) is 0 Å². The largest absolute Gasteiger partial charge is 0.383 e. The molecule has 0 radical (unpaired) electrons. The normalized spacial score (nSPS) is 11.2. The highest BCUT2D eigenvalue weighted by molar-refractivity contribution is 9.10. The Morgan fingerprint density at radius 1 is 1.10 bits per heavy atom. The summed E-state index contributed by atoms with van der Waals surface area (Å²) >= 11 is 3.54. The van der Waals surface area contributed by atoms with E-state index in [1.54, 1.807) is 0 Å². The number of anilines is 1. The summed E-state index contributed by atoms with van der Waals surface area (Å²) in [4.78, 5) is 4.70. The lowest BCUT2D eigenvalue weighted by molar-refractivity contribution is 1.09. The molecule has 0 saturated heterocycles. The number of fused-ring (bicyclic) bond motifs is 1. The zero-order valence-electron chi connectivity index (χ0n) is 11.7. The number of nitrogen functional groups attached to an aromatic ring is 1. The van der Waals surface area contributed by atoms with Crippen LogP contribution in [0.3, 0.4) is 0 Å². The van der Waals surface area contributed by atoms with Crippen molar-refractivity contribution < 1.29 is 0 Å². The molecule has 0 amide bonds. The minimum absolute atomic E-state index is 0.688. The molecule has 2 heterocycles. The molecule has 3 nitrogen and oxygen atoms in total. The van der Waals surface area contributed by atoms with E-state index in [0.29, 0.717) is 5.82 Å². The van der Waals surface area contributed by atoms with Crippen molar-refractivity contribution in [1.82, 2.24) is 9.38 Å². The summed E-state index contributed by atoms with van der Waals surface area (Å²) < 4.78 is 3.02. The first kappa shape index (κ1) is 13.2. The molecule has 2 aromatic heterocycles. The summed E-state index contributed by atoms with van der Waals surface area (Å²) in [5.74, 6) is 0.688. The molecule has 3 aromatic rings. The average Bonchev–Trinajstić information content (AvgIpc) is 2.75. The van der Waals surface area contributed by atoms with Crippen LogP contribution in [0, 0.1) is 20.8 Å². The molecular formula is C16H16BrN3. The van der Waals surface area contributed by atoms with Crippen LogP contribution in [0.2, 0.25) is 0 Å². The highest BCUT2D eigenvalue weighted by Gasteiger charge is 2.15. The maximum Gasteiger partial charge on any atom is 0.139 e. The van der Waals surface area contributed by atoms with Gasteiger partial charge in [-0.3, -0.25) is 4.40 Å². The van der Waals surface area contributed by atoms with E-state index in [-0.39, 0.29) is 0 Å². The fraction of sp³-hybridized carbons (Fsp3) is 0.188. The molecule has 0 spiro atoms. The number of pyridine rings is 1. The van der Waals surface area contributed by atoms with Crippen LogP contribution >= 0.6 is 15.9 Å². The van der Waals surface area contributed by atoms with E-state index >= 15 is 0 Å². The van der Waals surface area contributed by atoms with Gasteiger partial charge in [0.1, 0.15) is 17.2 Å². The zero-order valence-corrected chi connectivity index (χ0v) is 13.3. The number of hydrogen-bond acceptors (Lipinski definition) is 2. The number of rotatable bonds is 1. The van der Waals surface area contributed by atoms with Crippen LogP contribution in [0.1, 0.15) is 16.8 Å². The van der Waals surface area contributed by atoms with Gasteiger partial charge in [-0.1, -0.05) is 17.7 Å². The number of hydrogen-bond donors (Lipinski definition) is 1. The average molecular weight is 330 g/mol. The van der Waals surface area contributed by atoms with E-state index in [2.05, 4.69) is 48.0 Å². The van der Waals surface area contributed by atoms with Crippen molar-refractivity contribution in [1.29, 1.82) is 0 Å². The number of imidazole rings is 1. The van der Waals surface area contributed by atoms with Crippen LogP contribution in [0.4, 0.5) is 5.82 Å². The first-order valence-corrected chi connectivity index (χ1v) is 7.29. The van der Waals surface area contributed by atoms with Gasteiger partial charge in [-0.25, -0.2) is 4.98 Å². The van der Waals surface area contributed by atoms with Gasteiger partial charge in [-0.15, -0.1) is 0 Å². The van der Waals surface area contributed by atoms with Gasteiger partial charge in [0.15, 0.2) is 0 Å². The Balaban J connectivity index is 2.35. The Morgan fingerprint density at radius 3 is 2.60 bits per heavy atom. The molecule has 0 atom stereocenters. The lowest BCUT2D eigenvalue weighted by atomic mass is 10.0. The standard InChI is InChI=1S/C16H16BrN3/c1-9-4-5-10(2)12(8-9)15-16(18)20-11(3)13(17)6-7-14(20)19-15/h4-8H,18H2,1-3H3. The van der Waals surface area contributed by atoms with E-state index in [0.717, 1.165) is 27.1 Å². The molecule has 0 aliphatic rings. The van der Waals surface area contributed by atoms with E-state index in [9.17, 15) is 0 Å². The minimum atomic E-state index is 0.688. The predicted molar refractivity (Wildman–Crippen MR) is 87.0 cm³/mol. The van der Waals surface area contributed by atoms with Gasteiger partial charge in [0, 0.05) is 15.7 Å². The molecule has 0 aliphatic heterocycles. The summed E-state index contributed by atoms with van der Waals surface area (Å²) in [5, 5.41) is 0. The van der Waals surface area contributed by atoms with Crippen LogP contribution in [-0.4, -0.2) is 9.38 Å². The summed E-state index contributed by atoms with van der Waals surface area (Å²) in [7, 11) is 0. The second-order valence-electron chi connectivity index (χ2n) is 5.12. The van der Waals surface area contributed by atoms with Crippen LogP contribution < -0.4 is 5.73 Å². The van der Waals surface area contributed by atoms with Crippen molar-refractivity contribution in [3.05, 3.63) is 51.6 Å². The molecule has 0 bridgehead atoms. The minimum Gasteiger partial charge on any atom is -0.383 e. The second kappa shape index (κ2) is 4.63. The highest BCUT2D eigenvalue weighted by atomic mass is 79.9. The van der Waals surface area contributed by atoms with Crippen molar-refractivity contribution in [3.8, 4) is 11.3 Å². The molecule has 2 N–H and O–H groups in total. The topological polar surface area (TPSA) is 43.3 Å². The number of halogens is 1. The molecule has 1 aromatic carbocycles. The quantitative estimate of drug-likeness (QED) is 0.724. The molecule has 4 heteroatoms. The van der Waals surface area contributed by atoms with Crippen LogP contribution in [0.15, 0.2) is 34.8 Å². The van der Waals surface area contributed by atoms with Crippen LogP contribution in [0.25, 0.3) is 16.9 Å². The van der Waals surface area contributed by atoms with Gasteiger partial charge in [0.2, 0.25) is 0 Å². The number of benzene rings is 1. The number of aromatic nitrogens is 2. The Hall–Kier alpha value is -1.81. The Bertz CT molecular complexity index is 818. The molecule has 3 rings (SSSR count). The third-order valence-electron chi connectivity index (χ3n) is 3.65. The van der Waals surface area contributed by atoms with Gasteiger partial charge in [0.25, 0.3) is 0 Å². The number of aryl methyl sites for hydroxylation is 3. The lowest BCUT2D eigenvalue weighted by Crippen LogP contribution is -1.99. The zero-order chi connectivity index (χ0) is 14.4. The summed E-state index contributed by atoms with van der Waals surface area (Å²) in [5.41, 5.74) is 12.6. The van der Waals surface area contributed by atoms with Crippen molar-refractivity contribution in [2.75, 3.05) is 5.73 Å². The Labute approximate surface area is 126 Å². The maximum absolute atomic E-state index is 6.34. The number of nitrogens with zero attached hydrogens (tertiary/aromatic N) is 2. The number of nitrogens with two attached hydrogens (primary N) is 1. The van der Waals surface area contributed by atoms with Crippen molar-refractivity contribution in [2.45, 2.75) is 20.8 Å². The van der Waals surface area contributed by atoms with Gasteiger partial charge in [-0.05, 0) is 60.5 Å². The SMILES string of the molecule is Cc1ccc(C)c(-c2nc3ccc(Br)c(C)n3c2N)c1. The molecule has 20 heavy (non-hydrogen) atoms. The third kappa shape index (κ3) is 1.91. The predicted octanol–water partition coefficient (Wildman–Crippen LogP) is 4.27. The smallest absolute Gasteiger partial charge is 0.139 e. The summed E-state index contributed by atoms with van der Waals surface area (Å²) in [6, 6.07) is 10.3. The Morgan fingerprint density at radius 2 is 1.85 bits per heavy atom. The highest BCUT2D eigenvalue weighted by Crippen LogP contribution is 2.31. The van der Waals surface area contributed by atoms with E-state index < -0.39 is 0 Å². The lowest BCUT2D eigenvalue weighted by Gasteiger charge is -2.06. The fourth-order valence-electron chi connectivity index (χ4n) is 2.48. The van der Waals surface area contributed by atoms with Gasteiger partial charge < -0.3 is 5.73 Å². The van der Waals surface area contributed by atoms with Crippen molar-refractivity contribution >= 4 is 27.4 Å². The molecular weight excluding hydrogens is 314 g/mol. The first-order chi connectivity index (χ1) is 9.49.